The molecule has 0 fully saturated rings. The molecule has 1 aromatic rings. The Morgan fingerprint density at radius 2 is 2.00 bits per heavy atom. The van der Waals surface area contributed by atoms with Crippen molar-refractivity contribution in [2.75, 3.05) is 25.1 Å². The van der Waals surface area contributed by atoms with Crippen LogP contribution in [-0.2, 0) is 4.79 Å². The maximum Gasteiger partial charge on any atom is 0.308 e. The van der Waals surface area contributed by atoms with Gasteiger partial charge in [-0.2, -0.15) is 0 Å². The molecule has 1 rings (SSSR count). The Morgan fingerprint density at radius 3 is 2.41 bits per heavy atom. The molecule has 0 aliphatic heterocycles. The van der Waals surface area contributed by atoms with E-state index in [-0.39, 0.29) is 5.92 Å². The third-order valence-corrected chi connectivity index (χ3v) is 2.74. The average Bonchev–Trinajstić information content (AvgIpc) is 2.35. The van der Waals surface area contributed by atoms with Crippen LogP contribution in [-0.4, -0.2) is 31.3 Å². The predicted octanol–water partition coefficient (Wildman–Crippen LogP) is 2.24. The first-order valence-corrected chi connectivity index (χ1v) is 5.70. The van der Waals surface area contributed by atoms with E-state index in [4.69, 9.17) is 9.84 Å². The first-order valence-electron chi connectivity index (χ1n) is 5.70. The molecule has 0 spiro atoms. The molecule has 1 unspecified atom stereocenters. The van der Waals surface area contributed by atoms with E-state index in [1.807, 2.05) is 36.1 Å². The number of methoxy groups -OCH3 is 1. The quantitative estimate of drug-likeness (QED) is 0.824. The van der Waals surface area contributed by atoms with Crippen LogP contribution >= 0.6 is 0 Å². The van der Waals surface area contributed by atoms with Crippen molar-refractivity contribution in [3.05, 3.63) is 24.3 Å². The summed E-state index contributed by atoms with van der Waals surface area (Å²) in [6.07, 6.45) is 0. The average molecular weight is 237 g/mol. The highest BCUT2D eigenvalue weighted by atomic mass is 16.5. The summed E-state index contributed by atoms with van der Waals surface area (Å²) < 4.78 is 5.09. The van der Waals surface area contributed by atoms with Gasteiger partial charge in [-0.25, -0.2) is 0 Å². The number of carbonyl (C=O) groups is 1. The van der Waals surface area contributed by atoms with Gasteiger partial charge in [-0.05, 0) is 31.2 Å². The van der Waals surface area contributed by atoms with E-state index in [1.54, 1.807) is 14.0 Å². The van der Waals surface area contributed by atoms with Crippen LogP contribution in [0.3, 0.4) is 0 Å². The Kier molecular flexibility index (Phi) is 4.82. The molecule has 0 bridgehead atoms. The van der Waals surface area contributed by atoms with Crippen LogP contribution in [0.5, 0.6) is 5.75 Å². The van der Waals surface area contributed by atoms with E-state index < -0.39 is 5.97 Å². The third-order valence-electron chi connectivity index (χ3n) is 2.74. The Labute approximate surface area is 102 Å². The van der Waals surface area contributed by atoms with E-state index in [9.17, 15) is 4.79 Å². The number of anilines is 1. The molecule has 4 heteroatoms. The summed E-state index contributed by atoms with van der Waals surface area (Å²) in [5, 5.41) is 8.91. The fraction of sp³-hybridized carbons (Fsp3) is 0.462. The molecule has 94 valence electrons. The Morgan fingerprint density at radius 1 is 1.41 bits per heavy atom. The SMILES string of the molecule is CCN(CC(C)C(=O)O)c1ccc(OC)cc1. The molecule has 0 saturated carbocycles. The van der Waals surface area contributed by atoms with Crippen molar-refractivity contribution in [1.82, 2.24) is 0 Å². The number of carboxylic acid groups (broad SMARTS) is 1. The summed E-state index contributed by atoms with van der Waals surface area (Å²) in [6.45, 7) is 5.02. The number of aliphatic carboxylic acids is 1. The second-order valence-electron chi connectivity index (χ2n) is 3.98. The molecular formula is C13H19NO3. The molecule has 0 heterocycles. The minimum Gasteiger partial charge on any atom is -0.497 e. The van der Waals surface area contributed by atoms with Crippen molar-refractivity contribution in [2.24, 2.45) is 5.92 Å². The van der Waals surface area contributed by atoms with Crippen molar-refractivity contribution in [1.29, 1.82) is 0 Å². The van der Waals surface area contributed by atoms with Crippen LogP contribution in [0.1, 0.15) is 13.8 Å². The lowest BCUT2D eigenvalue weighted by Crippen LogP contribution is -2.31. The topological polar surface area (TPSA) is 49.8 Å². The Bertz CT molecular complexity index is 361. The Balaban J connectivity index is 2.75. The van der Waals surface area contributed by atoms with Gasteiger partial charge in [0, 0.05) is 18.8 Å². The van der Waals surface area contributed by atoms with Gasteiger partial charge in [-0.1, -0.05) is 6.92 Å². The second-order valence-corrected chi connectivity index (χ2v) is 3.98. The van der Waals surface area contributed by atoms with Crippen molar-refractivity contribution < 1.29 is 14.6 Å². The van der Waals surface area contributed by atoms with Gasteiger partial charge in [0.05, 0.1) is 13.0 Å². The molecule has 1 atom stereocenters. The van der Waals surface area contributed by atoms with Crippen molar-refractivity contribution in [3.8, 4) is 5.75 Å². The zero-order chi connectivity index (χ0) is 12.8. The number of hydrogen-bond donors (Lipinski definition) is 1. The third kappa shape index (κ3) is 3.66. The monoisotopic (exact) mass is 237 g/mol. The normalized spacial score (nSPS) is 11.9. The number of nitrogens with zero attached hydrogens (tertiary/aromatic N) is 1. The van der Waals surface area contributed by atoms with Crippen LogP contribution in [0.15, 0.2) is 24.3 Å². The van der Waals surface area contributed by atoms with Gasteiger partial charge < -0.3 is 14.7 Å². The number of carboxylic acids is 1. The molecule has 0 amide bonds. The summed E-state index contributed by atoms with van der Waals surface area (Å²) in [4.78, 5) is 12.9. The summed E-state index contributed by atoms with van der Waals surface area (Å²) in [6, 6.07) is 7.64. The number of ether oxygens (including phenoxy) is 1. The fourth-order valence-corrected chi connectivity index (χ4v) is 1.62. The van der Waals surface area contributed by atoms with Gasteiger partial charge in [-0.15, -0.1) is 0 Å². The molecule has 0 saturated heterocycles. The van der Waals surface area contributed by atoms with Gasteiger partial charge >= 0.3 is 5.97 Å². The fourth-order valence-electron chi connectivity index (χ4n) is 1.62. The highest BCUT2D eigenvalue weighted by Gasteiger charge is 2.15. The zero-order valence-corrected chi connectivity index (χ0v) is 10.5. The van der Waals surface area contributed by atoms with Gasteiger partial charge in [-0.3, -0.25) is 4.79 Å². The van der Waals surface area contributed by atoms with Crippen molar-refractivity contribution in [2.45, 2.75) is 13.8 Å². The van der Waals surface area contributed by atoms with E-state index in [0.717, 1.165) is 18.0 Å². The second kappa shape index (κ2) is 6.13. The molecule has 17 heavy (non-hydrogen) atoms. The summed E-state index contributed by atoms with van der Waals surface area (Å²) >= 11 is 0. The lowest BCUT2D eigenvalue weighted by molar-refractivity contribution is -0.140. The summed E-state index contributed by atoms with van der Waals surface area (Å²) in [5.41, 5.74) is 1.02. The zero-order valence-electron chi connectivity index (χ0n) is 10.5. The van der Waals surface area contributed by atoms with Gasteiger partial charge in [0.2, 0.25) is 0 Å². The summed E-state index contributed by atoms with van der Waals surface area (Å²) in [7, 11) is 1.62. The van der Waals surface area contributed by atoms with Crippen LogP contribution in [0.2, 0.25) is 0 Å². The maximum atomic E-state index is 10.8. The van der Waals surface area contributed by atoms with Crippen LogP contribution < -0.4 is 9.64 Å². The van der Waals surface area contributed by atoms with Crippen LogP contribution in [0.25, 0.3) is 0 Å². The minimum absolute atomic E-state index is 0.378. The van der Waals surface area contributed by atoms with E-state index >= 15 is 0 Å². The molecular weight excluding hydrogens is 218 g/mol. The van der Waals surface area contributed by atoms with E-state index in [0.29, 0.717) is 6.54 Å². The number of hydrogen-bond acceptors (Lipinski definition) is 3. The van der Waals surface area contributed by atoms with Crippen LogP contribution in [0, 0.1) is 5.92 Å². The minimum atomic E-state index is -0.767. The van der Waals surface area contributed by atoms with Gasteiger partial charge in [0.1, 0.15) is 5.75 Å². The molecule has 1 aromatic carbocycles. The smallest absolute Gasteiger partial charge is 0.308 e. The number of rotatable bonds is 6. The van der Waals surface area contributed by atoms with E-state index in [1.165, 1.54) is 0 Å². The maximum absolute atomic E-state index is 10.8. The molecule has 0 aliphatic rings. The van der Waals surface area contributed by atoms with Gasteiger partial charge in [0.15, 0.2) is 0 Å². The largest absolute Gasteiger partial charge is 0.497 e. The first-order chi connectivity index (χ1) is 8.08. The molecule has 4 nitrogen and oxygen atoms in total. The first kappa shape index (κ1) is 13.4. The predicted molar refractivity (Wildman–Crippen MR) is 67.7 cm³/mol. The van der Waals surface area contributed by atoms with Crippen LogP contribution in [0.4, 0.5) is 5.69 Å². The van der Waals surface area contributed by atoms with Crippen molar-refractivity contribution >= 4 is 11.7 Å². The lowest BCUT2D eigenvalue weighted by Gasteiger charge is -2.25. The highest BCUT2D eigenvalue weighted by Crippen LogP contribution is 2.20. The highest BCUT2D eigenvalue weighted by molar-refractivity contribution is 5.70. The van der Waals surface area contributed by atoms with E-state index in [2.05, 4.69) is 0 Å². The number of benzene rings is 1. The molecule has 0 aliphatic carbocycles. The molecule has 0 radical (unpaired) electrons. The Hall–Kier alpha value is -1.71. The standard InChI is InChI=1S/C13H19NO3/c1-4-14(9-10(2)13(15)16)11-5-7-12(17-3)8-6-11/h5-8,10H,4,9H2,1-3H3,(H,15,16). The van der Waals surface area contributed by atoms with Crippen molar-refractivity contribution in [3.63, 3.8) is 0 Å². The van der Waals surface area contributed by atoms with Gasteiger partial charge in [0.25, 0.3) is 0 Å². The summed E-state index contributed by atoms with van der Waals surface area (Å²) in [5.74, 6) is -0.343. The lowest BCUT2D eigenvalue weighted by atomic mass is 10.1. The molecule has 1 N–H and O–H groups in total. The molecule has 0 aromatic heterocycles.